The Morgan fingerprint density at radius 3 is 2.54 bits per heavy atom. The lowest BCUT2D eigenvalue weighted by Crippen LogP contribution is -2.38. The molecule has 1 aromatic heterocycles. The Hall–Kier alpha value is -2.59. The molecule has 3 aromatic rings. The summed E-state index contributed by atoms with van der Waals surface area (Å²) in [7, 11) is 0. The van der Waals surface area contributed by atoms with Gasteiger partial charge in [0.05, 0.1) is 6.61 Å². The van der Waals surface area contributed by atoms with Crippen LogP contribution in [0, 0.1) is 5.92 Å². The van der Waals surface area contributed by atoms with E-state index in [1.165, 1.54) is 11.6 Å². The van der Waals surface area contributed by atoms with Crippen molar-refractivity contribution >= 4 is 40.9 Å². The van der Waals surface area contributed by atoms with Crippen molar-refractivity contribution in [2.75, 3.05) is 25.4 Å². The van der Waals surface area contributed by atoms with Crippen LogP contribution in [-0.4, -0.2) is 48.3 Å². The van der Waals surface area contributed by atoms with Crippen LogP contribution in [0.3, 0.4) is 0 Å². The summed E-state index contributed by atoms with van der Waals surface area (Å²) in [6.45, 7) is -1.12. The van der Waals surface area contributed by atoms with Gasteiger partial charge in [-0.2, -0.15) is 8.78 Å². The first-order chi connectivity index (χ1) is 19.9. The van der Waals surface area contributed by atoms with Crippen molar-refractivity contribution in [3.05, 3.63) is 87.7 Å². The molecule has 5 rings (SSSR count). The number of carbonyl (C=O) groups is 1. The van der Waals surface area contributed by atoms with E-state index >= 15 is 0 Å². The number of H-pyrrole nitrogens is 1. The SMILES string of the molecule is O=C(O[C@@H](Cc1c(Cl)c[nH+]cc1Cl)c1ccc(OC(F)F)c(OCC2CC2)c1)[C@@H]1SCCN1CCc1ccccc1. The molecule has 0 radical (unpaired) electrons. The van der Waals surface area contributed by atoms with E-state index in [1.54, 1.807) is 36.3 Å². The van der Waals surface area contributed by atoms with Gasteiger partial charge in [-0.15, -0.1) is 11.8 Å². The number of hydrogen-bond acceptors (Lipinski definition) is 6. The number of hydrogen-bond donors (Lipinski definition) is 0. The normalized spacial score (nSPS) is 17.9. The van der Waals surface area contributed by atoms with E-state index in [1.807, 2.05) is 18.2 Å². The Bertz CT molecular complexity index is 1310. The fourth-order valence-electron chi connectivity index (χ4n) is 4.67. The number of rotatable bonds is 13. The molecule has 1 saturated carbocycles. The van der Waals surface area contributed by atoms with Gasteiger partial charge in [-0.25, -0.2) is 9.78 Å². The van der Waals surface area contributed by atoms with Crippen molar-refractivity contribution < 1.29 is 32.8 Å². The minimum absolute atomic E-state index is 0.0710. The molecule has 11 heteroatoms. The topological polar surface area (TPSA) is 62.1 Å². The van der Waals surface area contributed by atoms with Crippen LogP contribution in [-0.2, 0) is 22.4 Å². The summed E-state index contributed by atoms with van der Waals surface area (Å²) in [5, 5.41) is 0.311. The molecular formula is C30H31Cl2F2N2O4S+. The Labute approximate surface area is 252 Å². The van der Waals surface area contributed by atoms with Crippen LogP contribution in [0.4, 0.5) is 8.78 Å². The Morgan fingerprint density at radius 1 is 1.07 bits per heavy atom. The summed E-state index contributed by atoms with van der Waals surface area (Å²) in [4.78, 5) is 18.6. The van der Waals surface area contributed by atoms with Crippen LogP contribution < -0.4 is 14.5 Å². The summed E-state index contributed by atoms with van der Waals surface area (Å²) < 4.78 is 43.0. The molecule has 6 nitrogen and oxygen atoms in total. The van der Waals surface area contributed by atoms with Crippen LogP contribution in [0.5, 0.6) is 11.5 Å². The van der Waals surface area contributed by atoms with Crippen molar-refractivity contribution in [1.82, 2.24) is 4.90 Å². The third-order valence-electron chi connectivity index (χ3n) is 7.09. The summed E-state index contributed by atoms with van der Waals surface area (Å²) in [6.07, 6.45) is 5.46. The molecular weight excluding hydrogens is 593 g/mol. The number of ether oxygens (including phenoxy) is 3. The third-order valence-corrected chi connectivity index (χ3v) is 8.99. The lowest BCUT2D eigenvalue weighted by atomic mass is 10.0. The summed E-state index contributed by atoms with van der Waals surface area (Å²) in [6, 6.07) is 14.7. The molecule has 1 aliphatic heterocycles. The molecule has 1 N–H and O–H groups in total. The van der Waals surface area contributed by atoms with E-state index in [0.717, 1.165) is 31.6 Å². The predicted molar refractivity (Wildman–Crippen MR) is 155 cm³/mol. The average molecular weight is 625 g/mol. The van der Waals surface area contributed by atoms with E-state index in [2.05, 4.69) is 22.0 Å². The molecule has 0 unspecified atom stereocenters. The zero-order valence-electron chi connectivity index (χ0n) is 22.2. The highest BCUT2D eigenvalue weighted by Gasteiger charge is 2.35. The van der Waals surface area contributed by atoms with Gasteiger partial charge in [0.2, 0.25) is 0 Å². The quantitative estimate of drug-likeness (QED) is 0.199. The van der Waals surface area contributed by atoms with Gasteiger partial charge >= 0.3 is 12.6 Å². The van der Waals surface area contributed by atoms with Crippen molar-refractivity contribution in [2.45, 2.75) is 43.8 Å². The Kier molecular flexibility index (Phi) is 10.2. The Balaban J connectivity index is 1.38. The lowest BCUT2D eigenvalue weighted by molar-refractivity contribution is -0.377. The second-order valence-corrected chi connectivity index (χ2v) is 12.1. The second-order valence-electron chi connectivity index (χ2n) is 10.1. The molecule has 0 spiro atoms. The van der Waals surface area contributed by atoms with E-state index in [0.29, 0.717) is 40.2 Å². The van der Waals surface area contributed by atoms with Gasteiger partial charge in [0, 0.05) is 30.8 Å². The van der Waals surface area contributed by atoms with Gasteiger partial charge in [-0.05, 0) is 48.4 Å². The van der Waals surface area contributed by atoms with Gasteiger partial charge in [0.25, 0.3) is 0 Å². The van der Waals surface area contributed by atoms with Crippen LogP contribution in [0.25, 0.3) is 0 Å². The van der Waals surface area contributed by atoms with Gasteiger partial charge in [0.15, 0.2) is 29.3 Å². The lowest BCUT2D eigenvalue weighted by Gasteiger charge is -2.26. The zero-order valence-corrected chi connectivity index (χ0v) is 24.6. The number of thioether (sulfide) groups is 1. The smallest absolute Gasteiger partial charge is 0.387 e. The first-order valence-corrected chi connectivity index (χ1v) is 15.3. The Morgan fingerprint density at radius 2 is 1.83 bits per heavy atom. The number of alkyl halides is 2. The number of nitrogens with one attached hydrogen (secondary N) is 1. The summed E-state index contributed by atoms with van der Waals surface area (Å²) in [5.41, 5.74) is 2.35. The van der Waals surface area contributed by atoms with Gasteiger partial charge < -0.3 is 14.2 Å². The molecule has 2 atom stereocenters. The molecule has 2 aromatic carbocycles. The minimum Gasteiger partial charge on any atom is -0.489 e. The highest BCUT2D eigenvalue weighted by atomic mass is 35.5. The molecule has 1 saturated heterocycles. The zero-order chi connectivity index (χ0) is 28.8. The molecule has 1 aliphatic carbocycles. The van der Waals surface area contributed by atoms with Gasteiger partial charge in [-0.1, -0.05) is 59.6 Å². The molecule has 0 amide bonds. The van der Waals surface area contributed by atoms with Crippen LogP contribution >= 0.6 is 35.0 Å². The minimum atomic E-state index is -3.00. The first kappa shape index (κ1) is 29.9. The highest BCUT2D eigenvalue weighted by molar-refractivity contribution is 8.00. The van der Waals surface area contributed by atoms with Crippen molar-refractivity contribution in [3.8, 4) is 11.5 Å². The number of benzene rings is 2. The van der Waals surface area contributed by atoms with Crippen LogP contribution in [0.2, 0.25) is 10.0 Å². The third kappa shape index (κ3) is 8.25. The largest absolute Gasteiger partial charge is 0.489 e. The summed E-state index contributed by atoms with van der Waals surface area (Å²) >= 11 is 14.5. The highest BCUT2D eigenvalue weighted by Crippen LogP contribution is 2.38. The maximum atomic E-state index is 13.6. The van der Waals surface area contributed by atoms with Crippen LogP contribution in [0.1, 0.15) is 35.6 Å². The average Bonchev–Trinajstić information content (AvgIpc) is 3.67. The van der Waals surface area contributed by atoms with Crippen molar-refractivity contribution in [2.24, 2.45) is 5.92 Å². The van der Waals surface area contributed by atoms with E-state index in [4.69, 9.17) is 37.4 Å². The molecule has 0 bridgehead atoms. The first-order valence-electron chi connectivity index (χ1n) is 13.5. The van der Waals surface area contributed by atoms with Gasteiger partial charge in [-0.3, -0.25) is 4.90 Å². The second kappa shape index (κ2) is 14.1. The number of aromatic amines is 1. The standard InChI is InChI=1S/C30H30Cl2F2N2O4S/c31-23-16-35-17-24(32)22(23)15-26(21-8-9-25(40-30(33)34)27(14-21)38-18-20-6-7-20)39-29(37)28-36(12-13-41-28)11-10-19-4-2-1-3-5-19/h1-5,8-9,14,16-17,20,26,28,30H,6-7,10-13,15,18H2/p+1/t26-,28-/m0/s1. The van der Waals surface area contributed by atoms with Crippen molar-refractivity contribution in [1.29, 1.82) is 0 Å². The molecule has 2 fully saturated rings. The number of pyridine rings is 1. The monoisotopic (exact) mass is 623 g/mol. The van der Waals surface area contributed by atoms with E-state index in [-0.39, 0.29) is 23.9 Å². The number of carbonyl (C=O) groups excluding carboxylic acids is 1. The fourth-order valence-corrected chi connectivity index (χ4v) is 6.38. The number of aromatic nitrogens is 1. The number of halogens is 4. The van der Waals surface area contributed by atoms with Crippen molar-refractivity contribution in [3.63, 3.8) is 0 Å². The van der Waals surface area contributed by atoms with E-state index < -0.39 is 18.1 Å². The molecule has 2 heterocycles. The van der Waals surface area contributed by atoms with E-state index in [9.17, 15) is 13.6 Å². The fraction of sp³-hybridized carbons (Fsp3) is 0.400. The number of esters is 1. The molecule has 41 heavy (non-hydrogen) atoms. The number of nitrogens with zero attached hydrogens (tertiary/aromatic N) is 1. The summed E-state index contributed by atoms with van der Waals surface area (Å²) in [5.74, 6) is 0.927. The predicted octanol–water partition coefficient (Wildman–Crippen LogP) is 6.64. The molecule has 2 aliphatic rings. The molecule has 218 valence electrons. The van der Waals surface area contributed by atoms with Crippen LogP contribution in [0.15, 0.2) is 60.9 Å². The maximum absolute atomic E-state index is 13.6. The van der Waals surface area contributed by atoms with Gasteiger partial charge in [0.1, 0.15) is 16.1 Å². The maximum Gasteiger partial charge on any atom is 0.387 e.